The molecule has 0 fully saturated rings. The number of hydrogen-bond acceptors (Lipinski definition) is 5. The highest BCUT2D eigenvalue weighted by Gasteiger charge is 2.30. The summed E-state index contributed by atoms with van der Waals surface area (Å²) in [5, 5.41) is 3.67. The molecule has 5 heteroatoms. The zero-order chi connectivity index (χ0) is 13.4. The lowest BCUT2D eigenvalue weighted by Gasteiger charge is -2.20. The van der Waals surface area contributed by atoms with Gasteiger partial charge in [-0.1, -0.05) is 35.4 Å². The van der Waals surface area contributed by atoms with Gasteiger partial charge in [0.2, 0.25) is 0 Å². The summed E-state index contributed by atoms with van der Waals surface area (Å²) in [5.41, 5.74) is 2.77. The standard InChI is InChI=1S/C14H19NOS3/c1-8(2)15-6-13(17)12-3-9-5-14-10(7-18-19-14)4-11(9)16-12/h4-5,8,12-13,15,17H,3,6-7H2,1-2H3. The molecule has 2 aliphatic heterocycles. The monoisotopic (exact) mass is 313 g/mol. The average Bonchev–Trinajstić information content (AvgIpc) is 2.97. The molecule has 104 valence electrons. The molecular weight excluding hydrogens is 294 g/mol. The molecule has 19 heavy (non-hydrogen) atoms. The first-order chi connectivity index (χ1) is 9.13. The molecule has 0 amide bonds. The van der Waals surface area contributed by atoms with Crippen molar-refractivity contribution < 1.29 is 4.74 Å². The minimum Gasteiger partial charge on any atom is -0.489 e. The molecule has 1 aromatic carbocycles. The van der Waals surface area contributed by atoms with Crippen LogP contribution in [-0.4, -0.2) is 23.9 Å². The van der Waals surface area contributed by atoms with Gasteiger partial charge < -0.3 is 10.1 Å². The van der Waals surface area contributed by atoms with Crippen LogP contribution < -0.4 is 10.1 Å². The molecule has 0 spiro atoms. The Morgan fingerprint density at radius 3 is 3.05 bits per heavy atom. The molecule has 0 aromatic heterocycles. The van der Waals surface area contributed by atoms with Crippen molar-refractivity contribution in [2.75, 3.05) is 6.54 Å². The van der Waals surface area contributed by atoms with Crippen LogP contribution in [0.1, 0.15) is 25.0 Å². The average molecular weight is 314 g/mol. The van der Waals surface area contributed by atoms with Gasteiger partial charge in [-0.3, -0.25) is 0 Å². The number of rotatable bonds is 4. The Balaban J connectivity index is 1.67. The van der Waals surface area contributed by atoms with Gasteiger partial charge in [0.1, 0.15) is 11.9 Å². The second-order valence-electron chi connectivity index (χ2n) is 5.40. The van der Waals surface area contributed by atoms with E-state index in [-0.39, 0.29) is 11.4 Å². The third-order valence-corrected chi connectivity index (χ3v) is 6.34. The van der Waals surface area contributed by atoms with E-state index in [1.807, 2.05) is 21.6 Å². The van der Waals surface area contributed by atoms with Crippen molar-refractivity contribution in [2.24, 2.45) is 0 Å². The number of fused-ring (bicyclic) bond motifs is 2. The van der Waals surface area contributed by atoms with Crippen LogP contribution in [0.15, 0.2) is 17.0 Å². The largest absolute Gasteiger partial charge is 0.489 e. The Labute approximate surface area is 128 Å². The van der Waals surface area contributed by atoms with E-state index < -0.39 is 0 Å². The molecular formula is C14H19NOS3. The van der Waals surface area contributed by atoms with Gasteiger partial charge in [0, 0.05) is 29.7 Å². The maximum Gasteiger partial charge on any atom is 0.123 e. The van der Waals surface area contributed by atoms with Crippen molar-refractivity contribution in [2.45, 2.75) is 48.3 Å². The summed E-state index contributed by atoms with van der Waals surface area (Å²) in [7, 11) is 3.80. The maximum absolute atomic E-state index is 6.09. The van der Waals surface area contributed by atoms with Crippen LogP contribution in [0, 0.1) is 0 Å². The van der Waals surface area contributed by atoms with Crippen molar-refractivity contribution in [1.29, 1.82) is 0 Å². The highest BCUT2D eigenvalue weighted by atomic mass is 33.1. The molecule has 2 heterocycles. The van der Waals surface area contributed by atoms with E-state index >= 15 is 0 Å². The lowest BCUT2D eigenvalue weighted by atomic mass is 10.1. The molecule has 0 saturated carbocycles. The van der Waals surface area contributed by atoms with Crippen LogP contribution >= 0.6 is 34.2 Å². The van der Waals surface area contributed by atoms with Crippen molar-refractivity contribution in [3.63, 3.8) is 0 Å². The molecule has 0 bridgehead atoms. The first kappa shape index (κ1) is 14.0. The SMILES string of the molecule is CC(C)NCC(S)C1Cc2cc3c(cc2O1)CSS3. The van der Waals surface area contributed by atoms with E-state index in [2.05, 4.69) is 31.3 Å². The first-order valence-electron chi connectivity index (χ1n) is 6.67. The number of ether oxygens (including phenoxy) is 1. The van der Waals surface area contributed by atoms with Crippen molar-refractivity contribution in [1.82, 2.24) is 5.32 Å². The molecule has 1 aromatic rings. The molecule has 2 atom stereocenters. The summed E-state index contributed by atoms with van der Waals surface area (Å²) < 4.78 is 6.09. The third-order valence-electron chi connectivity index (χ3n) is 3.47. The lowest BCUT2D eigenvalue weighted by Crippen LogP contribution is -2.37. The topological polar surface area (TPSA) is 21.3 Å². The van der Waals surface area contributed by atoms with Crippen LogP contribution in [-0.2, 0) is 12.2 Å². The van der Waals surface area contributed by atoms with E-state index in [0.717, 1.165) is 24.5 Å². The normalized spacial score (nSPS) is 22.2. The van der Waals surface area contributed by atoms with Crippen molar-refractivity contribution in [3.05, 3.63) is 23.3 Å². The van der Waals surface area contributed by atoms with Gasteiger partial charge in [-0.2, -0.15) is 12.6 Å². The third kappa shape index (κ3) is 3.04. The van der Waals surface area contributed by atoms with E-state index in [4.69, 9.17) is 17.4 Å². The fourth-order valence-corrected chi connectivity index (χ4v) is 5.13. The predicted octanol–water partition coefficient (Wildman–Crippen LogP) is 3.54. The molecule has 2 unspecified atom stereocenters. The minimum absolute atomic E-state index is 0.199. The maximum atomic E-state index is 6.09. The Bertz CT molecular complexity index is 445. The Hall–Kier alpha value is 0.0300. The second-order valence-corrected chi connectivity index (χ2v) is 8.41. The molecule has 0 saturated heterocycles. The molecule has 2 nitrogen and oxygen atoms in total. The highest BCUT2D eigenvalue weighted by molar-refractivity contribution is 8.76. The quantitative estimate of drug-likeness (QED) is 0.655. The van der Waals surface area contributed by atoms with Gasteiger partial charge in [0.15, 0.2) is 0 Å². The number of hydrogen-bond donors (Lipinski definition) is 2. The lowest BCUT2D eigenvalue weighted by molar-refractivity contribution is 0.226. The summed E-state index contributed by atoms with van der Waals surface area (Å²) in [5.74, 6) is 2.18. The van der Waals surface area contributed by atoms with Gasteiger partial charge in [-0.25, -0.2) is 0 Å². The zero-order valence-electron chi connectivity index (χ0n) is 11.2. The molecule has 0 aliphatic carbocycles. The first-order valence-corrected chi connectivity index (χ1v) is 9.50. The molecule has 2 aliphatic rings. The van der Waals surface area contributed by atoms with E-state index in [1.54, 1.807) is 0 Å². The van der Waals surface area contributed by atoms with Crippen molar-refractivity contribution >= 4 is 34.2 Å². The Morgan fingerprint density at radius 2 is 2.26 bits per heavy atom. The second kappa shape index (κ2) is 5.80. The fourth-order valence-electron chi connectivity index (χ4n) is 2.38. The summed E-state index contributed by atoms with van der Waals surface area (Å²) in [6.07, 6.45) is 1.19. The number of benzene rings is 1. The summed E-state index contributed by atoms with van der Waals surface area (Å²) in [6, 6.07) is 5.04. The predicted molar refractivity (Wildman–Crippen MR) is 87.6 cm³/mol. The Morgan fingerprint density at radius 1 is 1.42 bits per heavy atom. The minimum atomic E-state index is 0.199. The zero-order valence-corrected chi connectivity index (χ0v) is 13.7. The van der Waals surface area contributed by atoms with E-state index in [0.29, 0.717) is 6.04 Å². The van der Waals surface area contributed by atoms with Gasteiger partial charge >= 0.3 is 0 Å². The number of nitrogens with one attached hydrogen (secondary N) is 1. The fraction of sp³-hybridized carbons (Fsp3) is 0.571. The summed E-state index contributed by atoms with van der Waals surface area (Å²) in [6.45, 7) is 5.21. The van der Waals surface area contributed by atoms with Gasteiger partial charge in [0.05, 0.1) is 5.25 Å². The van der Waals surface area contributed by atoms with E-state index in [1.165, 1.54) is 16.0 Å². The van der Waals surface area contributed by atoms with Crippen LogP contribution in [0.25, 0.3) is 0 Å². The van der Waals surface area contributed by atoms with E-state index in [9.17, 15) is 0 Å². The van der Waals surface area contributed by atoms with Gasteiger partial charge in [-0.05, 0) is 23.3 Å². The highest BCUT2D eigenvalue weighted by Crippen LogP contribution is 2.47. The molecule has 0 radical (unpaired) electrons. The summed E-state index contributed by atoms with van der Waals surface area (Å²) in [4.78, 5) is 1.42. The van der Waals surface area contributed by atoms with Crippen LogP contribution in [0.5, 0.6) is 5.75 Å². The van der Waals surface area contributed by atoms with Crippen LogP contribution in [0.4, 0.5) is 0 Å². The number of thiol groups is 1. The molecule has 3 rings (SSSR count). The van der Waals surface area contributed by atoms with Crippen molar-refractivity contribution in [3.8, 4) is 5.75 Å². The van der Waals surface area contributed by atoms with Crippen LogP contribution in [0.2, 0.25) is 0 Å². The van der Waals surface area contributed by atoms with Gasteiger partial charge in [-0.15, -0.1) is 0 Å². The summed E-state index contributed by atoms with van der Waals surface area (Å²) >= 11 is 4.70. The Kier molecular flexibility index (Phi) is 4.27. The van der Waals surface area contributed by atoms with Gasteiger partial charge in [0.25, 0.3) is 0 Å². The molecule has 1 N–H and O–H groups in total. The van der Waals surface area contributed by atoms with Crippen LogP contribution in [0.3, 0.4) is 0 Å². The smallest absolute Gasteiger partial charge is 0.123 e.